The highest BCUT2D eigenvalue weighted by Gasteiger charge is 2.46. The Morgan fingerprint density at radius 2 is 2.09 bits per heavy atom. The van der Waals surface area contributed by atoms with Gasteiger partial charge in [0, 0.05) is 18.4 Å². The van der Waals surface area contributed by atoms with E-state index in [4.69, 9.17) is 9.57 Å². The number of benzene rings is 1. The van der Waals surface area contributed by atoms with Crippen LogP contribution in [0.5, 0.6) is 5.75 Å². The van der Waals surface area contributed by atoms with Gasteiger partial charge in [0.1, 0.15) is 5.75 Å². The number of hydrogen-bond acceptors (Lipinski definition) is 4. The summed E-state index contributed by atoms with van der Waals surface area (Å²) in [5, 5.41) is 6.89. The van der Waals surface area contributed by atoms with Gasteiger partial charge in [0.05, 0.1) is 12.3 Å². The Kier molecular flexibility index (Phi) is 3.81. The van der Waals surface area contributed by atoms with E-state index in [1.165, 1.54) is 0 Å². The number of carbonyl (C=O) groups is 1. The number of para-hydroxylation sites is 1. The molecule has 1 saturated carbocycles. The molecule has 1 N–H and O–H groups in total. The fourth-order valence-electron chi connectivity index (χ4n) is 2.61. The first-order valence-electron chi connectivity index (χ1n) is 7.69. The molecule has 0 bridgehead atoms. The minimum atomic E-state index is -0.861. The number of ether oxygens (including phenoxy) is 1. The van der Waals surface area contributed by atoms with Crippen LogP contribution in [-0.2, 0) is 9.63 Å². The molecule has 5 heteroatoms. The van der Waals surface area contributed by atoms with Crippen molar-refractivity contribution in [1.82, 2.24) is 5.32 Å². The summed E-state index contributed by atoms with van der Waals surface area (Å²) in [5.74, 6) is 0.773. The van der Waals surface area contributed by atoms with Gasteiger partial charge in [0.15, 0.2) is 0 Å². The normalized spacial score (nSPS) is 25.1. The number of oxime groups is 1. The van der Waals surface area contributed by atoms with E-state index in [0.717, 1.165) is 24.3 Å². The molecular formula is C17H22N2O3. The number of nitrogens with zero attached hydrogens (tertiary/aromatic N) is 1. The van der Waals surface area contributed by atoms with Crippen molar-refractivity contribution in [1.29, 1.82) is 0 Å². The zero-order valence-corrected chi connectivity index (χ0v) is 13.1. The summed E-state index contributed by atoms with van der Waals surface area (Å²) in [7, 11) is 0. The maximum atomic E-state index is 12.3. The predicted octanol–water partition coefficient (Wildman–Crippen LogP) is 2.52. The van der Waals surface area contributed by atoms with E-state index in [0.29, 0.717) is 19.6 Å². The highest BCUT2D eigenvalue weighted by Crippen LogP contribution is 2.45. The Hall–Kier alpha value is -2.04. The monoisotopic (exact) mass is 302 g/mol. The number of amides is 1. The molecule has 118 valence electrons. The van der Waals surface area contributed by atoms with Crippen LogP contribution in [0.3, 0.4) is 0 Å². The molecule has 0 unspecified atom stereocenters. The van der Waals surface area contributed by atoms with Gasteiger partial charge in [0.25, 0.3) is 5.91 Å². The zero-order chi connectivity index (χ0) is 15.6. The van der Waals surface area contributed by atoms with Crippen LogP contribution in [-0.4, -0.2) is 30.4 Å². The van der Waals surface area contributed by atoms with Gasteiger partial charge < -0.3 is 14.9 Å². The summed E-state index contributed by atoms with van der Waals surface area (Å²) in [6.07, 6.45) is 2.70. The van der Waals surface area contributed by atoms with Crippen molar-refractivity contribution in [3.63, 3.8) is 0 Å². The quantitative estimate of drug-likeness (QED) is 0.878. The van der Waals surface area contributed by atoms with Crippen LogP contribution >= 0.6 is 0 Å². The molecule has 1 heterocycles. The Morgan fingerprint density at radius 1 is 1.36 bits per heavy atom. The van der Waals surface area contributed by atoms with Gasteiger partial charge in [0.2, 0.25) is 5.60 Å². The first-order chi connectivity index (χ1) is 10.5. The van der Waals surface area contributed by atoms with Gasteiger partial charge in [-0.2, -0.15) is 0 Å². The first-order valence-corrected chi connectivity index (χ1v) is 7.69. The SMILES string of the molecule is CC1=NO[C@@](C)(C(=O)NCC2(COc3ccccc3)CC2)C1. The molecule has 0 aromatic heterocycles. The summed E-state index contributed by atoms with van der Waals surface area (Å²) >= 11 is 0. The average molecular weight is 302 g/mol. The fourth-order valence-corrected chi connectivity index (χ4v) is 2.61. The van der Waals surface area contributed by atoms with Crippen LogP contribution in [0.1, 0.15) is 33.1 Å². The molecule has 5 nitrogen and oxygen atoms in total. The molecule has 1 aromatic carbocycles. The second-order valence-corrected chi connectivity index (χ2v) is 6.61. The van der Waals surface area contributed by atoms with Crippen molar-refractivity contribution in [3.05, 3.63) is 30.3 Å². The summed E-state index contributed by atoms with van der Waals surface area (Å²) in [5.41, 5.74) is 0.0581. The third kappa shape index (κ3) is 3.24. The molecule has 3 rings (SSSR count). The van der Waals surface area contributed by atoms with Gasteiger partial charge in [-0.05, 0) is 38.8 Å². The lowest BCUT2D eigenvalue weighted by Gasteiger charge is -2.23. The molecule has 1 aromatic rings. The average Bonchev–Trinajstić information content (AvgIpc) is 3.22. The molecule has 0 spiro atoms. The van der Waals surface area contributed by atoms with Crippen LogP contribution in [0, 0.1) is 5.41 Å². The highest BCUT2D eigenvalue weighted by atomic mass is 16.7. The number of hydrogen-bond donors (Lipinski definition) is 1. The minimum Gasteiger partial charge on any atom is -0.493 e. The number of carbonyl (C=O) groups excluding carboxylic acids is 1. The Labute approximate surface area is 130 Å². The summed E-state index contributed by atoms with van der Waals surface area (Å²) in [6.45, 7) is 4.90. The number of rotatable bonds is 6. The topological polar surface area (TPSA) is 59.9 Å². The lowest BCUT2D eigenvalue weighted by atomic mass is 9.99. The molecule has 1 aliphatic carbocycles. The van der Waals surface area contributed by atoms with E-state index < -0.39 is 5.60 Å². The predicted molar refractivity (Wildman–Crippen MR) is 83.8 cm³/mol. The van der Waals surface area contributed by atoms with Crippen LogP contribution in [0.2, 0.25) is 0 Å². The molecule has 1 atom stereocenters. The maximum absolute atomic E-state index is 12.3. The fraction of sp³-hybridized carbons (Fsp3) is 0.529. The lowest BCUT2D eigenvalue weighted by molar-refractivity contribution is -0.142. The van der Waals surface area contributed by atoms with E-state index in [-0.39, 0.29) is 11.3 Å². The van der Waals surface area contributed by atoms with E-state index in [1.807, 2.05) is 37.3 Å². The van der Waals surface area contributed by atoms with Gasteiger partial charge in [-0.3, -0.25) is 4.79 Å². The van der Waals surface area contributed by atoms with E-state index in [1.54, 1.807) is 6.92 Å². The van der Waals surface area contributed by atoms with Crippen molar-refractivity contribution in [2.75, 3.05) is 13.2 Å². The zero-order valence-electron chi connectivity index (χ0n) is 13.1. The standard InChI is InChI=1S/C17H22N2O3/c1-13-10-16(2,22-19-13)15(20)18-11-17(8-9-17)12-21-14-6-4-3-5-7-14/h3-7H,8-12H2,1-2H3,(H,18,20)/t16-/m1/s1. The molecule has 2 aliphatic rings. The summed E-state index contributed by atoms with van der Waals surface area (Å²) in [6, 6.07) is 9.77. The molecule has 1 aliphatic heterocycles. The van der Waals surface area contributed by atoms with Gasteiger partial charge in [-0.15, -0.1) is 0 Å². The van der Waals surface area contributed by atoms with Gasteiger partial charge in [-0.25, -0.2) is 0 Å². The lowest BCUT2D eigenvalue weighted by Crippen LogP contribution is -2.47. The molecular weight excluding hydrogens is 280 g/mol. The second kappa shape index (κ2) is 5.63. The smallest absolute Gasteiger partial charge is 0.267 e. The van der Waals surface area contributed by atoms with Crippen LogP contribution in [0.15, 0.2) is 35.5 Å². The Bertz CT molecular complexity index is 581. The largest absolute Gasteiger partial charge is 0.493 e. The van der Waals surface area contributed by atoms with E-state index >= 15 is 0 Å². The minimum absolute atomic E-state index is 0.0658. The maximum Gasteiger partial charge on any atom is 0.267 e. The summed E-state index contributed by atoms with van der Waals surface area (Å²) < 4.78 is 5.83. The van der Waals surface area contributed by atoms with Crippen LogP contribution in [0.25, 0.3) is 0 Å². The van der Waals surface area contributed by atoms with Crippen molar-refractivity contribution < 1.29 is 14.4 Å². The number of nitrogens with one attached hydrogen (secondary N) is 1. The highest BCUT2D eigenvalue weighted by molar-refractivity contribution is 5.94. The molecule has 0 radical (unpaired) electrons. The van der Waals surface area contributed by atoms with Crippen molar-refractivity contribution in [2.24, 2.45) is 10.6 Å². The van der Waals surface area contributed by atoms with Crippen molar-refractivity contribution in [2.45, 2.75) is 38.7 Å². The van der Waals surface area contributed by atoms with Gasteiger partial charge >= 0.3 is 0 Å². The third-order valence-electron chi connectivity index (χ3n) is 4.35. The van der Waals surface area contributed by atoms with E-state index in [2.05, 4.69) is 10.5 Å². The van der Waals surface area contributed by atoms with Crippen molar-refractivity contribution >= 4 is 11.6 Å². The third-order valence-corrected chi connectivity index (χ3v) is 4.35. The molecule has 22 heavy (non-hydrogen) atoms. The van der Waals surface area contributed by atoms with Crippen LogP contribution in [0.4, 0.5) is 0 Å². The van der Waals surface area contributed by atoms with Crippen molar-refractivity contribution in [3.8, 4) is 5.75 Å². The molecule has 0 saturated heterocycles. The molecule has 1 amide bonds. The van der Waals surface area contributed by atoms with Gasteiger partial charge in [-0.1, -0.05) is 23.4 Å². The molecule has 1 fully saturated rings. The van der Waals surface area contributed by atoms with E-state index in [9.17, 15) is 4.79 Å². The summed E-state index contributed by atoms with van der Waals surface area (Å²) in [4.78, 5) is 17.6. The Morgan fingerprint density at radius 3 is 2.68 bits per heavy atom. The second-order valence-electron chi connectivity index (χ2n) is 6.61. The first kappa shape index (κ1) is 14.9. The van der Waals surface area contributed by atoms with Crippen LogP contribution < -0.4 is 10.1 Å². The Balaban J connectivity index is 1.48.